The molecule has 3 nitrogen and oxygen atoms in total. The summed E-state index contributed by atoms with van der Waals surface area (Å²) in [5, 5.41) is 0. The van der Waals surface area contributed by atoms with Crippen molar-refractivity contribution >= 4 is 0 Å². The van der Waals surface area contributed by atoms with E-state index in [-0.39, 0.29) is 6.10 Å². The zero-order valence-corrected chi connectivity index (χ0v) is 7.29. The van der Waals surface area contributed by atoms with Crippen LogP contribution in [0.4, 0.5) is 4.39 Å². The molecule has 1 aromatic rings. The van der Waals surface area contributed by atoms with E-state index in [2.05, 4.69) is 4.98 Å². The van der Waals surface area contributed by atoms with Crippen molar-refractivity contribution in [3.8, 4) is 11.6 Å². The first-order valence-electron chi connectivity index (χ1n) is 4.16. The van der Waals surface area contributed by atoms with Crippen LogP contribution in [-0.2, 0) is 0 Å². The van der Waals surface area contributed by atoms with Gasteiger partial charge in [-0.15, -0.1) is 0 Å². The topological polar surface area (TPSA) is 31.4 Å². The first-order chi connectivity index (χ1) is 6.29. The van der Waals surface area contributed by atoms with E-state index in [1.54, 1.807) is 0 Å². The fraction of sp³-hybridized carbons (Fsp3) is 0.444. The third kappa shape index (κ3) is 1.88. The van der Waals surface area contributed by atoms with Gasteiger partial charge in [0.2, 0.25) is 0 Å². The lowest BCUT2D eigenvalue weighted by atomic mass is 10.4. The van der Waals surface area contributed by atoms with Crippen LogP contribution in [0.5, 0.6) is 11.6 Å². The Bertz CT molecular complexity index is 312. The maximum atomic E-state index is 12.8. The molecule has 0 spiro atoms. The van der Waals surface area contributed by atoms with Crippen molar-refractivity contribution in [1.29, 1.82) is 0 Å². The fourth-order valence-corrected chi connectivity index (χ4v) is 1.01. The van der Waals surface area contributed by atoms with Gasteiger partial charge in [-0.3, -0.25) is 0 Å². The van der Waals surface area contributed by atoms with Crippen molar-refractivity contribution in [3.05, 3.63) is 18.1 Å². The third-order valence-corrected chi connectivity index (χ3v) is 1.80. The summed E-state index contributed by atoms with van der Waals surface area (Å²) in [5.41, 5.74) is 0. The van der Waals surface area contributed by atoms with Gasteiger partial charge in [-0.1, -0.05) is 0 Å². The Hall–Kier alpha value is -1.32. The number of halogens is 1. The SMILES string of the molecule is COc1ncc(F)cc1OC1CC1. The molecule has 70 valence electrons. The number of nitrogens with zero attached hydrogens (tertiary/aromatic N) is 1. The average molecular weight is 183 g/mol. The molecular weight excluding hydrogens is 173 g/mol. The molecule has 1 saturated carbocycles. The summed E-state index contributed by atoms with van der Waals surface area (Å²) in [5.74, 6) is 0.328. The van der Waals surface area contributed by atoms with Crippen LogP contribution in [0.3, 0.4) is 0 Å². The highest BCUT2D eigenvalue weighted by molar-refractivity contribution is 5.33. The molecule has 0 unspecified atom stereocenters. The molecule has 1 aliphatic rings. The van der Waals surface area contributed by atoms with E-state index in [1.165, 1.54) is 13.2 Å². The van der Waals surface area contributed by atoms with Crippen molar-refractivity contribution in [2.24, 2.45) is 0 Å². The monoisotopic (exact) mass is 183 g/mol. The van der Waals surface area contributed by atoms with Gasteiger partial charge in [0.05, 0.1) is 19.4 Å². The van der Waals surface area contributed by atoms with E-state index in [9.17, 15) is 4.39 Å². The highest BCUT2D eigenvalue weighted by Crippen LogP contribution is 2.32. The quantitative estimate of drug-likeness (QED) is 0.715. The molecule has 2 rings (SSSR count). The van der Waals surface area contributed by atoms with Crippen LogP contribution in [0, 0.1) is 5.82 Å². The predicted octanol–water partition coefficient (Wildman–Crippen LogP) is 1.77. The van der Waals surface area contributed by atoms with E-state index in [0.29, 0.717) is 11.6 Å². The summed E-state index contributed by atoms with van der Waals surface area (Å²) in [6.07, 6.45) is 3.38. The van der Waals surface area contributed by atoms with Crippen LogP contribution < -0.4 is 9.47 Å². The molecule has 1 aromatic heterocycles. The lowest BCUT2D eigenvalue weighted by Crippen LogP contribution is -2.00. The van der Waals surface area contributed by atoms with Gasteiger partial charge in [0.15, 0.2) is 5.75 Å². The van der Waals surface area contributed by atoms with Gasteiger partial charge >= 0.3 is 0 Å². The molecular formula is C9H10FNO2. The summed E-state index contributed by atoms with van der Waals surface area (Å²) in [4.78, 5) is 3.76. The Morgan fingerprint density at radius 3 is 2.92 bits per heavy atom. The minimum Gasteiger partial charge on any atom is -0.485 e. The Labute approximate surface area is 75.5 Å². The molecule has 0 aromatic carbocycles. The molecule has 0 bridgehead atoms. The second kappa shape index (κ2) is 3.20. The average Bonchev–Trinajstić information content (AvgIpc) is 2.89. The molecule has 1 aliphatic carbocycles. The number of pyridine rings is 1. The van der Waals surface area contributed by atoms with Gasteiger partial charge < -0.3 is 9.47 Å². The molecule has 0 N–H and O–H groups in total. The molecule has 1 fully saturated rings. The minimum absolute atomic E-state index is 0.220. The molecule has 13 heavy (non-hydrogen) atoms. The van der Waals surface area contributed by atoms with Gasteiger partial charge in [0.1, 0.15) is 5.82 Å². The largest absolute Gasteiger partial charge is 0.485 e. The number of methoxy groups -OCH3 is 1. The van der Waals surface area contributed by atoms with Crippen LogP contribution >= 0.6 is 0 Å². The first kappa shape index (κ1) is 8.29. The van der Waals surface area contributed by atoms with Crippen molar-refractivity contribution in [1.82, 2.24) is 4.98 Å². The molecule has 0 radical (unpaired) electrons. The summed E-state index contributed by atoms with van der Waals surface area (Å²) in [6.45, 7) is 0. The second-order valence-corrected chi connectivity index (χ2v) is 2.98. The van der Waals surface area contributed by atoms with E-state index in [0.717, 1.165) is 19.0 Å². The number of rotatable bonds is 3. The number of hydrogen-bond donors (Lipinski definition) is 0. The Kier molecular flexibility index (Phi) is 2.04. The summed E-state index contributed by atoms with van der Waals surface area (Å²) in [6, 6.07) is 1.30. The van der Waals surface area contributed by atoms with Crippen molar-refractivity contribution in [3.63, 3.8) is 0 Å². The van der Waals surface area contributed by atoms with Gasteiger partial charge in [0, 0.05) is 6.07 Å². The summed E-state index contributed by atoms with van der Waals surface area (Å²) < 4.78 is 23.1. The molecule has 0 amide bonds. The zero-order chi connectivity index (χ0) is 9.26. The Morgan fingerprint density at radius 2 is 2.31 bits per heavy atom. The fourth-order valence-electron chi connectivity index (χ4n) is 1.01. The summed E-state index contributed by atoms with van der Waals surface area (Å²) in [7, 11) is 1.49. The highest BCUT2D eigenvalue weighted by Gasteiger charge is 2.25. The normalized spacial score (nSPS) is 15.5. The maximum absolute atomic E-state index is 12.8. The first-order valence-corrected chi connectivity index (χ1v) is 4.16. The smallest absolute Gasteiger partial charge is 0.256 e. The van der Waals surface area contributed by atoms with Crippen LogP contribution in [0.25, 0.3) is 0 Å². The number of ether oxygens (including phenoxy) is 2. The Balaban J connectivity index is 2.22. The van der Waals surface area contributed by atoms with Crippen LogP contribution in [-0.4, -0.2) is 18.2 Å². The van der Waals surface area contributed by atoms with Gasteiger partial charge in [-0.25, -0.2) is 9.37 Å². The molecule has 0 aliphatic heterocycles. The van der Waals surface area contributed by atoms with Gasteiger partial charge in [-0.2, -0.15) is 0 Å². The van der Waals surface area contributed by atoms with E-state index in [4.69, 9.17) is 9.47 Å². The second-order valence-electron chi connectivity index (χ2n) is 2.98. The van der Waals surface area contributed by atoms with Crippen molar-refractivity contribution in [2.75, 3.05) is 7.11 Å². The highest BCUT2D eigenvalue weighted by atomic mass is 19.1. The number of aromatic nitrogens is 1. The molecule has 0 saturated heterocycles. The van der Waals surface area contributed by atoms with Crippen LogP contribution in [0.15, 0.2) is 12.3 Å². The predicted molar refractivity (Wildman–Crippen MR) is 44.4 cm³/mol. The number of hydrogen-bond acceptors (Lipinski definition) is 3. The summed E-state index contributed by atoms with van der Waals surface area (Å²) >= 11 is 0. The van der Waals surface area contributed by atoms with Crippen LogP contribution in [0.1, 0.15) is 12.8 Å². The zero-order valence-electron chi connectivity index (χ0n) is 7.29. The molecule has 4 heteroatoms. The minimum atomic E-state index is -0.406. The van der Waals surface area contributed by atoms with Gasteiger partial charge in [0.25, 0.3) is 5.88 Å². The standard InChI is InChI=1S/C9H10FNO2/c1-12-9-8(13-7-2-3-7)4-6(10)5-11-9/h4-5,7H,2-3H2,1H3. The van der Waals surface area contributed by atoms with E-state index >= 15 is 0 Å². The molecule has 1 heterocycles. The molecule has 0 atom stereocenters. The van der Waals surface area contributed by atoms with Crippen molar-refractivity contribution < 1.29 is 13.9 Å². The third-order valence-electron chi connectivity index (χ3n) is 1.80. The lowest BCUT2D eigenvalue weighted by molar-refractivity contribution is 0.275. The Morgan fingerprint density at radius 1 is 1.54 bits per heavy atom. The van der Waals surface area contributed by atoms with Crippen LogP contribution in [0.2, 0.25) is 0 Å². The van der Waals surface area contributed by atoms with Gasteiger partial charge in [-0.05, 0) is 12.8 Å². The maximum Gasteiger partial charge on any atom is 0.256 e. The van der Waals surface area contributed by atoms with E-state index < -0.39 is 5.82 Å². The lowest BCUT2D eigenvalue weighted by Gasteiger charge is -2.07. The van der Waals surface area contributed by atoms with Crippen molar-refractivity contribution in [2.45, 2.75) is 18.9 Å². The van der Waals surface area contributed by atoms with E-state index in [1.807, 2.05) is 0 Å².